The summed E-state index contributed by atoms with van der Waals surface area (Å²) in [6, 6.07) is 9.71. The summed E-state index contributed by atoms with van der Waals surface area (Å²) in [5, 5.41) is 16.8. The van der Waals surface area contributed by atoms with Gasteiger partial charge in [-0.25, -0.2) is 4.79 Å². The number of aromatic carboxylic acids is 1. The molecule has 5 nitrogen and oxygen atoms in total. The number of rotatable bonds is 5. The molecule has 0 radical (unpaired) electrons. The Hall–Kier alpha value is -2.56. The third kappa shape index (κ3) is 2.42. The number of aromatic nitrogens is 3. The van der Waals surface area contributed by atoms with E-state index in [0.29, 0.717) is 5.69 Å². The lowest BCUT2D eigenvalue weighted by molar-refractivity contribution is 0.0690. The van der Waals surface area contributed by atoms with E-state index in [-0.39, 0.29) is 5.69 Å². The Bertz CT molecular complexity index is 786. The molecule has 2 aromatic heterocycles. The highest BCUT2D eigenvalue weighted by molar-refractivity contribution is 5.96. The molecule has 5 heteroatoms. The molecule has 2 N–H and O–H groups in total. The number of hydrogen-bond donors (Lipinski definition) is 2. The fourth-order valence-electron chi connectivity index (χ4n) is 2.53. The van der Waals surface area contributed by atoms with Crippen molar-refractivity contribution in [3.05, 3.63) is 42.2 Å². The van der Waals surface area contributed by atoms with E-state index < -0.39 is 5.97 Å². The van der Waals surface area contributed by atoms with Crippen LogP contribution in [0.25, 0.3) is 22.2 Å². The zero-order chi connectivity index (χ0) is 14.8. The Kier molecular flexibility index (Phi) is 3.48. The number of carboxylic acids is 1. The van der Waals surface area contributed by atoms with Crippen LogP contribution in [0.5, 0.6) is 0 Å². The number of fused-ring (bicyclic) bond motifs is 1. The van der Waals surface area contributed by atoms with Gasteiger partial charge in [0.25, 0.3) is 0 Å². The molecular weight excluding hydrogens is 266 g/mol. The molecule has 0 aliphatic heterocycles. The predicted octanol–water partition coefficient (Wildman–Crippen LogP) is 3.53. The number of H-pyrrole nitrogens is 1. The van der Waals surface area contributed by atoms with Gasteiger partial charge < -0.3 is 9.67 Å². The molecule has 108 valence electrons. The van der Waals surface area contributed by atoms with Crippen LogP contribution in [0.15, 0.2) is 36.5 Å². The molecule has 0 bridgehead atoms. The minimum absolute atomic E-state index is 0.107. The second-order valence-corrected chi connectivity index (χ2v) is 5.08. The maximum atomic E-state index is 11.0. The number of hydrogen-bond acceptors (Lipinski definition) is 2. The van der Waals surface area contributed by atoms with E-state index in [2.05, 4.69) is 34.0 Å². The Morgan fingerprint density at radius 3 is 2.90 bits per heavy atom. The van der Waals surface area contributed by atoms with E-state index in [4.69, 9.17) is 5.11 Å². The maximum Gasteiger partial charge on any atom is 0.353 e. The number of carbonyl (C=O) groups is 1. The van der Waals surface area contributed by atoms with Crippen molar-refractivity contribution in [2.45, 2.75) is 26.3 Å². The lowest BCUT2D eigenvalue weighted by atomic mass is 10.1. The molecule has 0 amide bonds. The van der Waals surface area contributed by atoms with Gasteiger partial charge >= 0.3 is 5.97 Å². The standard InChI is InChI=1S/C16H17N3O2/c1-2-3-8-19-10-12(11-6-4-5-7-15(11)19)13-9-14(16(20)21)18-17-13/h4-7,9-10H,2-3,8H2,1H3,(H,17,18)(H,20,21). The van der Waals surface area contributed by atoms with Gasteiger partial charge in [-0.05, 0) is 18.6 Å². The molecule has 0 unspecified atom stereocenters. The first-order chi connectivity index (χ1) is 10.2. The molecule has 0 fully saturated rings. The van der Waals surface area contributed by atoms with Crippen LogP contribution in [0.1, 0.15) is 30.3 Å². The number of nitrogens with zero attached hydrogens (tertiary/aromatic N) is 2. The third-order valence-electron chi connectivity index (χ3n) is 3.63. The summed E-state index contributed by atoms with van der Waals surface area (Å²) in [4.78, 5) is 11.0. The van der Waals surface area contributed by atoms with Crippen molar-refractivity contribution >= 4 is 16.9 Å². The molecule has 2 heterocycles. The zero-order valence-electron chi connectivity index (χ0n) is 11.8. The molecule has 0 atom stereocenters. The second kappa shape index (κ2) is 5.44. The minimum atomic E-state index is -0.997. The zero-order valence-corrected chi connectivity index (χ0v) is 11.8. The number of unbranched alkanes of at least 4 members (excludes halogenated alkanes) is 1. The van der Waals surface area contributed by atoms with Crippen molar-refractivity contribution in [3.8, 4) is 11.3 Å². The number of aromatic amines is 1. The number of para-hydroxylation sites is 1. The van der Waals surface area contributed by atoms with Gasteiger partial charge in [-0.1, -0.05) is 31.5 Å². The average Bonchev–Trinajstić information content (AvgIpc) is 3.10. The topological polar surface area (TPSA) is 70.9 Å². The normalized spacial score (nSPS) is 11.1. The van der Waals surface area contributed by atoms with Crippen LogP contribution in [0.2, 0.25) is 0 Å². The largest absolute Gasteiger partial charge is 0.477 e. The van der Waals surface area contributed by atoms with E-state index in [1.54, 1.807) is 6.07 Å². The van der Waals surface area contributed by atoms with Crippen molar-refractivity contribution in [1.29, 1.82) is 0 Å². The Morgan fingerprint density at radius 2 is 2.19 bits per heavy atom. The minimum Gasteiger partial charge on any atom is -0.477 e. The van der Waals surface area contributed by atoms with Gasteiger partial charge in [0.1, 0.15) is 5.69 Å². The van der Waals surface area contributed by atoms with E-state index in [1.165, 1.54) is 0 Å². The summed E-state index contributed by atoms with van der Waals surface area (Å²) in [6.45, 7) is 3.12. The van der Waals surface area contributed by atoms with Gasteiger partial charge in [-0.2, -0.15) is 5.10 Å². The lowest BCUT2D eigenvalue weighted by Gasteiger charge is -2.02. The number of nitrogens with one attached hydrogen (secondary N) is 1. The van der Waals surface area contributed by atoms with E-state index in [1.807, 2.05) is 18.2 Å². The number of aryl methyl sites for hydroxylation is 1. The molecule has 0 saturated heterocycles. The summed E-state index contributed by atoms with van der Waals surface area (Å²) in [5.74, 6) is -0.997. The van der Waals surface area contributed by atoms with Crippen LogP contribution < -0.4 is 0 Å². The van der Waals surface area contributed by atoms with Crippen molar-refractivity contribution in [2.24, 2.45) is 0 Å². The maximum absolute atomic E-state index is 11.0. The highest BCUT2D eigenvalue weighted by Gasteiger charge is 2.14. The molecule has 3 aromatic rings. The number of benzene rings is 1. The summed E-state index contributed by atoms with van der Waals surface area (Å²) < 4.78 is 2.21. The fraction of sp³-hybridized carbons (Fsp3) is 0.250. The van der Waals surface area contributed by atoms with Crippen LogP contribution in [0.3, 0.4) is 0 Å². The first kappa shape index (κ1) is 13.4. The van der Waals surface area contributed by atoms with Gasteiger partial charge in [-0.15, -0.1) is 0 Å². The molecule has 0 spiro atoms. The molecule has 0 aliphatic rings. The monoisotopic (exact) mass is 283 g/mol. The summed E-state index contributed by atoms with van der Waals surface area (Å²) in [6.07, 6.45) is 4.30. The van der Waals surface area contributed by atoms with Gasteiger partial charge in [0.05, 0.1) is 5.69 Å². The van der Waals surface area contributed by atoms with Crippen molar-refractivity contribution in [3.63, 3.8) is 0 Å². The lowest BCUT2D eigenvalue weighted by Crippen LogP contribution is -1.95. The van der Waals surface area contributed by atoms with Gasteiger partial charge in [0, 0.05) is 29.2 Å². The molecule has 0 saturated carbocycles. The Morgan fingerprint density at radius 1 is 1.38 bits per heavy atom. The summed E-state index contributed by atoms with van der Waals surface area (Å²) in [5.41, 5.74) is 2.89. The van der Waals surface area contributed by atoms with Crippen LogP contribution in [0.4, 0.5) is 0 Å². The van der Waals surface area contributed by atoms with Crippen molar-refractivity contribution in [1.82, 2.24) is 14.8 Å². The average molecular weight is 283 g/mol. The fourth-order valence-corrected chi connectivity index (χ4v) is 2.53. The SMILES string of the molecule is CCCCn1cc(-c2cc(C(=O)O)[nH]n2)c2ccccc21. The van der Waals surface area contributed by atoms with Gasteiger partial charge in [0.2, 0.25) is 0 Å². The first-order valence-electron chi connectivity index (χ1n) is 7.07. The van der Waals surface area contributed by atoms with Crippen LogP contribution in [0, 0.1) is 0 Å². The van der Waals surface area contributed by atoms with Crippen molar-refractivity contribution in [2.75, 3.05) is 0 Å². The third-order valence-corrected chi connectivity index (χ3v) is 3.63. The van der Waals surface area contributed by atoms with Crippen molar-refractivity contribution < 1.29 is 9.90 Å². The second-order valence-electron chi connectivity index (χ2n) is 5.08. The predicted molar refractivity (Wildman–Crippen MR) is 81.4 cm³/mol. The summed E-state index contributed by atoms with van der Waals surface area (Å²) >= 11 is 0. The highest BCUT2D eigenvalue weighted by atomic mass is 16.4. The number of carboxylic acid groups (broad SMARTS) is 1. The van der Waals surface area contributed by atoms with E-state index in [9.17, 15) is 4.79 Å². The molecule has 1 aromatic carbocycles. The van der Waals surface area contributed by atoms with E-state index in [0.717, 1.165) is 35.9 Å². The smallest absolute Gasteiger partial charge is 0.353 e. The van der Waals surface area contributed by atoms with Gasteiger partial charge in [-0.3, -0.25) is 5.10 Å². The van der Waals surface area contributed by atoms with Crippen LogP contribution in [-0.2, 0) is 6.54 Å². The molecular formula is C16H17N3O2. The van der Waals surface area contributed by atoms with Gasteiger partial charge in [0.15, 0.2) is 0 Å². The first-order valence-corrected chi connectivity index (χ1v) is 7.07. The Labute approximate surface area is 122 Å². The molecule has 3 rings (SSSR count). The highest BCUT2D eigenvalue weighted by Crippen LogP contribution is 2.30. The summed E-state index contributed by atoms with van der Waals surface area (Å²) in [7, 11) is 0. The van der Waals surface area contributed by atoms with Crippen LogP contribution >= 0.6 is 0 Å². The molecule has 0 aliphatic carbocycles. The molecule has 21 heavy (non-hydrogen) atoms. The quantitative estimate of drug-likeness (QED) is 0.752. The van der Waals surface area contributed by atoms with Crippen LogP contribution in [-0.4, -0.2) is 25.8 Å². The van der Waals surface area contributed by atoms with E-state index >= 15 is 0 Å². The Balaban J connectivity index is 2.10.